The van der Waals surface area contributed by atoms with Gasteiger partial charge in [0.1, 0.15) is 4.88 Å². The van der Waals surface area contributed by atoms with Crippen LogP contribution in [0.15, 0.2) is 6.20 Å². The molecule has 60 valence electrons. The molecule has 1 rings (SSSR count). The number of aromatic carboxylic acids is 1. The van der Waals surface area contributed by atoms with Crippen LogP contribution in [0.2, 0.25) is 0 Å². The summed E-state index contributed by atoms with van der Waals surface area (Å²) in [6, 6.07) is 0. The summed E-state index contributed by atoms with van der Waals surface area (Å²) in [4.78, 5) is 14.5. The molecule has 1 aromatic rings. The SMILES string of the molecule is CCNc1ncc(C(=O)O)s1. The molecule has 0 fully saturated rings. The Balaban J connectivity index is 2.73. The number of hydrogen-bond donors (Lipinski definition) is 2. The normalized spacial score (nSPS) is 9.55. The van der Waals surface area contributed by atoms with E-state index in [0.717, 1.165) is 17.9 Å². The summed E-state index contributed by atoms with van der Waals surface area (Å²) in [7, 11) is 0. The van der Waals surface area contributed by atoms with Gasteiger partial charge < -0.3 is 10.4 Å². The maximum atomic E-state index is 10.4. The molecule has 0 atom stereocenters. The maximum absolute atomic E-state index is 10.4. The van der Waals surface area contributed by atoms with E-state index in [2.05, 4.69) is 10.3 Å². The van der Waals surface area contributed by atoms with Crippen molar-refractivity contribution < 1.29 is 9.90 Å². The van der Waals surface area contributed by atoms with E-state index >= 15 is 0 Å². The summed E-state index contributed by atoms with van der Waals surface area (Å²) < 4.78 is 0. The van der Waals surface area contributed by atoms with Gasteiger partial charge in [0.25, 0.3) is 0 Å². The largest absolute Gasteiger partial charge is 0.477 e. The van der Waals surface area contributed by atoms with E-state index in [9.17, 15) is 4.79 Å². The lowest BCUT2D eigenvalue weighted by atomic mass is 10.6. The van der Waals surface area contributed by atoms with E-state index in [1.807, 2.05) is 6.92 Å². The Labute approximate surface area is 67.9 Å². The molecule has 0 saturated heterocycles. The minimum Gasteiger partial charge on any atom is -0.477 e. The minimum atomic E-state index is -0.924. The molecule has 5 heteroatoms. The minimum absolute atomic E-state index is 0.265. The summed E-state index contributed by atoms with van der Waals surface area (Å²) in [5, 5.41) is 12.1. The number of hydrogen-bond acceptors (Lipinski definition) is 4. The van der Waals surface area contributed by atoms with Crippen molar-refractivity contribution in [3.05, 3.63) is 11.1 Å². The second-order valence-electron chi connectivity index (χ2n) is 1.87. The molecule has 0 saturated carbocycles. The number of carbonyl (C=O) groups is 1. The third kappa shape index (κ3) is 1.91. The van der Waals surface area contributed by atoms with Crippen LogP contribution in [0.3, 0.4) is 0 Å². The molecule has 2 N–H and O–H groups in total. The van der Waals surface area contributed by atoms with Crippen molar-refractivity contribution in [1.29, 1.82) is 0 Å². The highest BCUT2D eigenvalue weighted by atomic mass is 32.1. The van der Waals surface area contributed by atoms with Gasteiger partial charge in [-0.15, -0.1) is 0 Å². The topological polar surface area (TPSA) is 62.2 Å². The van der Waals surface area contributed by atoms with Crippen molar-refractivity contribution in [2.24, 2.45) is 0 Å². The summed E-state index contributed by atoms with van der Waals surface area (Å²) in [5.74, 6) is -0.924. The molecule has 0 spiro atoms. The summed E-state index contributed by atoms with van der Waals surface area (Å²) in [5.41, 5.74) is 0. The van der Waals surface area contributed by atoms with Gasteiger partial charge in [-0.1, -0.05) is 11.3 Å². The average Bonchev–Trinajstić information content (AvgIpc) is 2.37. The molecule has 0 radical (unpaired) electrons. The Hall–Kier alpha value is -1.10. The zero-order chi connectivity index (χ0) is 8.27. The molecular weight excluding hydrogens is 164 g/mol. The van der Waals surface area contributed by atoms with Gasteiger partial charge >= 0.3 is 5.97 Å². The lowest BCUT2D eigenvalue weighted by Gasteiger charge is -1.92. The number of rotatable bonds is 3. The Morgan fingerprint density at radius 1 is 1.91 bits per heavy atom. The molecule has 0 unspecified atom stereocenters. The average molecular weight is 172 g/mol. The first-order chi connectivity index (χ1) is 5.24. The van der Waals surface area contributed by atoms with E-state index in [4.69, 9.17) is 5.11 Å². The van der Waals surface area contributed by atoms with Gasteiger partial charge in [-0.3, -0.25) is 0 Å². The lowest BCUT2D eigenvalue weighted by Crippen LogP contribution is -1.94. The number of carboxylic acid groups (broad SMARTS) is 1. The highest BCUT2D eigenvalue weighted by Gasteiger charge is 2.06. The predicted molar refractivity (Wildman–Crippen MR) is 43.2 cm³/mol. The Morgan fingerprint density at radius 3 is 3.09 bits per heavy atom. The van der Waals surface area contributed by atoms with Gasteiger partial charge in [-0.05, 0) is 6.92 Å². The molecular formula is C6H8N2O2S. The van der Waals surface area contributed by atoms with Crippen LogP contribution in [-0.2, 0) is 0 Å². The first-order valence-corrected chi connectivity index (χ1v) is 3.98. The van der Waals surface area contributed by atoms with Crippen molar-refractivity contribution in [3.63, 3.8) is 0 Å². The van der Waals surface area contributed by atoms with Gasteiger partial charge in [0.15, 0.2) is 5.13 Å². The van der Waals surface area contributed by atoms with Crippen LogP contribution >= 0.6 is 11.3 Å². The fraction of sp³-hybridized carbons (Fsp3) is 0.333. The second-order valence-corrected chi connectivity index (χ2v) is 2.90. The Kier molecular flexibility index (Phi) is 2.43. The van der Waals surface area contributed by atoms with Crippen LogP contribution in [0.1, 0.15) is 16.6 Å². The fourth-order valence-electron chi connectivity index (χ4n) is 0.606. The Bertz CT molecular complexity index is 259. The first-order valence-electron chi connectivity index (χ1n) is 3.17. The van der Waals surface area contributed by atoms with Gasteiger partial charge in [0, 0.05) is 6.54 Å². The first kappa shape index (κ1) is 8.00. The van der Waals surface area contributed by atoms with Crippen LogP contribution in [0.4, 0.5) is 5.13 Å². The van der Waals surface area contributed by atoms with E-state index < -0.39 is 5.97 Å². The molecule has 0 aromatic carbocycles. The van der Waals surface area contributed by atoms with Crippen LogP contribution in [0.5, 0.6) is 0 Å². The second kappa shape index (κ2) is 3.34. The van der Waals surface area contributed by atoms with Crippen LogP contribution in [0.25, 0.3) is 0 Å². The number of aromatic nitrogens is 1. The third-order valence-electron chi connectivity index (χ3n) is 1.04. The van der Waals surface area contributed by atoms with Crippen molar-refractivity contribution in [3.8, 4) is 0 Å². The number of anilines is 1. The van der Waals surface area contributed by atoms with Gasteiger partial charge in [-0.2, -0.15) is 0 Å². The lowest BCUT2D eigenvalue weighted by molar-refractivity contribution is 0.0702. The molecule has 0 aliphatic rings. The summed E-state index contributed by atoms with van der Waals surface area (Å²) in [6.07, 6.45) is 1.35. The van der Waals surface area contributed by atoms with Crippen LogP contribution in [0, 0.1) is 0 Å². The van der Waals surface area contributed by atoms with E-state index in [1.54, 1.807) is 0 Å². The number of carboxylic acids is 1. The zero-order valence-corrected chi connectivity index (χ0v) is 6.81. The van der Waals surface area contributed by atoms with E-state index in [-0.39, 0.29) is 4.88 Å². The Morgan fingerprint density at radius 2 is 2.64 bits per heavy atom. The summed E-state index contributed by atoms with van der Waals surface area (Å²) in [6.45, 7) is 2.69. The molecule has 0 aliphatic carbocycles. The molecule has 11 heavy (non-hydrogen) atoms. The number of thiazole rings is 1. The quantitative estimate of drug-likeness (QED) is 0.720. The molecule has 1 aromatic heterocycles. The molecule has 4 nitrogen and oxygen atoms in total. The zero-order valence-electron chi connectivity index (χ0n) is 6.00. The van der Waals surface area contributed by atoms with Crippen molar-refractivity contribution in [2.75, 3.05) is 11.9 Å². The maximum Gasteiger partial charge on any atom is 0.347 e. The fourth-order valence-corrected chi connectivity index (χ4v) is 1.33. The highest BCUT2D eigenvalue weighted by Crippen LogP contribution is 2.16. The van der Waals surface area contributed by atoms with Crippen LogP contribution in [-0.4, -0.2) is 22.6 Å². The number of nitrogens with zero attached hydrogens (tertiary/aromatic N) is 1. The van der Waals surface area contributed by atoms with E-state index in [0.29, 0.717) is 5.13 Å². The molecule has 0 amide bonds. The molecule has 0 bridgehead atoms. The smallest absolute Gasteiger partial charge is 0.347 e. The molecule has 0 aliphatic heterocycles. The van der Waals surface area contributed by atoms with Gasteiger partial charge in [0.2, 0.25) is 0 Å². The monoisotopic (exact) mass is 172 g/mol. The van der Waals surface area contributed by atoms with Crippen molar-refractivity contribution in [2.45, 2.75) is 6.92 Å². The predicted octanol–water partition coefficient (Wildman–Crippen LogP) is 1.27. The summed E-state index contributed by atoms with van der Waals surface area (Å²) >= 11 is 1.14. The highest BCUT2D eigenvalue weighted by molar-refractivity contribution is 7.17. The standard InChI is InChI=1S/C6H8N2O2S/c1-2-7-6-8-3-4(11-6)5(9)10/h3H,2H2,1H3,(H,7,8)(H,9,10). The number of nitrogens with one attached hydrogen (secondary N) is 1. The van der Waals surface area contributed by atoms with Crippen molar-refractivity contribution in [1.82, 2.24) is 4.98 Å². The third-order valence-corrected chi connectivity index (χ3v) is 1.99. The van der Waals surface area contributed by atoms with Gasteiger partial charge in [-0.25, -0.2) is 9.78 Å². The van der Waals surface area contributed by atoms with Crippen LogP contribution < -0.4 is 5.32 Å². The van der Waals surface area contributed by atoms with Crippen molar-refractivity contribution >= 4 is 22.4 Å². The van der Waals surface area contributed by atoms with E-state index in [1.165, 1.54) is 6.20 Å². The molecule has 1 heterocycles. The van der Waals surface area contributed by atoms with Gasteiger partial charge in [0.05, 0.1) is 6.20 Å².